The summed E-state index contributed by atoms with van der Waals surface area (Å²) in [6.45, 7) is 4.28. The number of thiocarbonyl (C=S) groups is 1. The maximum absolute atomic E-state index is 13.7. The van der Waals surface area contributed by atoms with E-state index in [2.05, 4.69) is 26.4 Å². The SMILES string of the molecule is O=C(NNC(=S)NCCCCN1CCCCC1)c1ccc(NC(=O)c2ccccc2F)cc1. The fraction of sp³-hybridized carbons (Fsp3) is 0.375. The van der Waals surface area contributed by atoms with Gasteiger partial charge in [-0.15, -0.1) is 0 Å². The molecule has 9 heteroatoms. The molecule has 1 saturated heterocycles. The number of nitrogens with zero attached hydrogens (tertiary/aromatic N) is 1. The molecule has 0 bridgehead atoms. The van der Waals surface area contributed by atoms with E-state index in [1.54, 1.807) is 30.3 Å². The summed E-state index contributed by atoms with van der Waals surface area (Å²) < 4.78 is 13.7. The van der Waals surface area contributed by atoms with Crippen molar-refractivity contribution in [2.24, 2.45) is 0 Å². The van der Waals surface area contributed by atoms with Crippen molar-refractivity contribution in [2.75, 3.05) is 31.5 Å². The number of piperidine rings is 1. The molecule has 3 rings (SSSR count). The molecular weight excluding hydrogens is 441 g/mol. The molecule has 1 heterocycles. The number of unbranched alkanes of at least 4 members (excludes halogenated alkanes) is 1. The Labute approximate surface area is 199 Å². The molecule has 33 heavy (non-hydrogen) atoms. The van der Waals surface area contributed by atoms with E-state index in [0.717, 1.165) is 25.9 Å². The van der Waals surface area contributed by atoms with Crippen molar-refractivity contribution >= 4 is 34.8 Å². The lowest BCUT2D eigenvalue weighted by molar-refractivity contribution is 0.0943. The van der Waals surface area contributed by atoms with Gasteiger partial charge in [-0.25, -0.2) is 4.39 Å². The fourth-order valence-corrected chi connectivity index (χ4v) is 3.78. The lowest BCUT2D eigenvalue weighted by Crippen LogP contribution is -2.47. The zero-order valence-corrected chi connectivity index (χ0v) is 19.3. The number of nitrogens with one attached hydrogen (secondary N) is 4. The standard InChI is InChI=1S/C24H30FN5O2S/c25-21-9-3-2-8-20(21)23(32)27-19-12-10-18(11-13-19)22(31)28-29-24(33)26-14-4-7-17-30-15-5-1-6-16-30/h2-3,8-13H,1,4-7,14-17H2,(H,27,32)(H,28,31)(H2,26,29,33). The Bertz CT molecular complexity index is 948. The highest BCUT2D eigenvalue weighted by Gasteiger charge is 2.12. The van der Waals surface area contributed by atoms with Crippen LogP contribution in [0.2, 0.25) is 0 Å². The number of halogens is 1. The van der Waals surface area contributed by atoms with Crippen molar-refractivity contribution in [3.8, 4) is 0 Å². The third-order valence-corrected chi connectivity index (χ3v) is 5.69. The minimum atomic E-state index is -0.594. The average Bonchev–Trinajstić information content (AvgIpc) is 2.83. The van der Waals surface area contributed by atoms with E-state index in [1.807, 2.05) is 0 Å². The normalized spacial score (nSPS) is 13.7. The Kier molecular flexibility index (Phi) is 9.59. The fourth-order valence-electron chi connectivity index (χ4n) is 3.62. The van der Waals surface area contributed by atoms with Gasteiger partial charge in [0.1, 0.15) is 5.82 Å². The molecule has 7 nitrogen and oxygen atoms in total. The van der Waals surface area contributed by atoms with Crippen LogP contribution in [0.3, 0.4) is 0 Å². The summed E-state index contributed by atoms with van der Waals surface area (Å²) in [5.74, 6) is -1.51. The first-order chi connectivity index (χ1) is 16.0. The van der Waals surface area contributed by atoms with Gasteiger partial charge >= 0.3 is 0 Å². The molecule has 0 aromatic heterocycles. The van der Waals surface area contributed by atoms with E-state index >= 15 is 0 Å². The second-order valence-electron chi connectivity index (χ2n) is 7.96. The maximum atomic E-state index is 13.7. The van der Waals surface area contributed by atoms with Crippen LogP contribution in [0.15, 0.2) is 48.5 Å². The number of rotatable bonds is 8. The molecule has 0 unspecified atom stereocenters. The smallest absolute Gasteiger partial charge is 0.269 e. The summed E-state index contributed by atoms with van der Waals surface area (Å²) in [5, 5.41) is 6.05. The Morgan fingerprint density at radius 2 is 1.64 bits per heavy atom. The van der Waals surface area contributed by atoms with Crippen LogP contribution >= 0.6 is 12.2 Å². The number of anilines is 1. The number of carbonyl (C=O) groups is 2. The van der Waals surface area contributed by atoms with Crippen LogP contribution in [0.4, 0.5) is 10.1 Å². The second kappa shape index (κ2) is 12.9. The van der Waals surface area contributed by atoms with Crippen LogP contribution < -0.4 is 21.5 Å². The van der Waals surface area contributed by atoms with Gasteiger partial charge < -0.3 is 15.5 Å². The first kappa shape index (κ1) is 24.6. The minimum absolute atomic E-state index is 0.0453. The highest BCUT2D eigenvalue weighted by atomic mass is 32.1. The minimum Gasteiger partial charge on any atom is -0.361 e. The van der Waals surface area contributed by atoms with Crippen LogP contribution in [0.1, 0.15) is 52.8 Å². The number of amides is 2. The van der Waals surface area contributed by atoms with Gasteiger partial charge in [-0.2, -0.15) is 0 Å². The summed E-state index contributed by atoms with van der Waals surface area (Å²) in [6, 6.07) is 12.0. The van der Waals surface area contributed by atoms with Gasteiger partial charge in [-0.1, -0.05) is 18.6 Å². The Hall–Kier alpha value is -3.04. The van der Waals surface area contributed by atoms with Gasteiger partial charge in [0.25, 0.3) is 11.8 Å². The molecule has 2 aromatic carbocycles. The number of hydrogen-bond donors (Lipinski definition) is 4. The van der Waals surface area contributed by atoms with E-state index in [4.69, 9.17) is 12.2 Å². The van der Waals surface area contributed by atoms with Gasteiger partial charge in [-0.05, 0) is 93.9 Å². The lowest BCUT2D eigenvalue weighted by Gasteiger charge is -2.26. The topological polar surface area (TPSA) is 85.5 Å². The predicted molar refractivity (Wildman–Crippen MR) is 132 cm³/mol. The zero-order chi connectivity index (χ0) is 23.5. The third-order valence-electron chi connectivity index (χ3n) is 5.45. The molecule has 176 valence electrons. The highest BCUT2D eigenvalue weighted by Crippen LogP contribution is 2.13. The summed E-state index contributed by atoms with van der Waals surface area (Å²) in [7, 11) is 0. The van der Waals surface area contributed by atoms with Crippen LogP contribution in [-0.4, -0.2) is 48.0 Å². The number of likely N-dealkylation sites (tertiary alicyclic amines) is 1. The van der Waals surface area contributed by atoms with E-state index in [0.29, 0.717) is 16.4 Å². The lowest BCUT2D eigenvalue weighted by atomic mass is 10.1. The van der Waals surface area contributed by atoms with E-state index in [9.17, 15) is 14.0 Å². The van der Waals surface area contributed by atoms with E-state index in [-0.39, 0.29) is 11.5 Å². The van der Waals surface area contributed by atoms with E-state index < -0.39 is 11.7 Å². The van der Waals surface area contributed by atoms with Crippen molar-refractivity contribution in [2.45, 2.75) is 32.1 Å². The number of hydrogen-bond acceptors (Lipinski definition) is 4. The molecule has 1 fully saturated rings. The van der Waals surface area contributed by atoms with Crippen LogP contribution in [0.5, 0.6) is 0 Å². The second-order valence-corrected chi connectivity index (χ2v) is 8.36. The molecule has 0 spiro atoms. The molecular formula is C24H30FN5O2S. The average molecular weight is 472 g/mol. The Morgan fingerprint density at radius 1 is 0.909 bits per heavy atom. The number of carbonyl (C=O) groups excluding carboxylic acids is 2. The number of benzene rings is 2. The van der Waals surface area contributed by atoms with Gasteiger partial charge in [0.2, 0.25) is 0 Å². The van der Waals surface area contributed by atoms with E-state index in [1.165, 1.54) is 50.6 Å². The van der Waals surface area contributed by atoms with Gasteiger partial charge in [0, 0.05) is 17.8 Å². The molecule has 1 aliphatic heterocycles. The molecule has 1 aliphatic rings. The molecule has 4 N–H and O–H groups in total. The predicted octanol–water partition coefficient (Wildman–Crippen LogP) is 3.45. The molecule has 0 aliphatic carbocycles. The van der Waals surface area contributed by atoms with Crippen LogP contribution in [0.25, 0.3) is 0 Å². The first-order valence-electron chi connectivity index (χ1n) is 11.3. The first-order valence-corrected chi connectivity index (χ1v) is 11.7. The highest BCUT2D eigenvalue weighted by molar-refractivity contribution is 7.80. The molecule has 0 radical (unpaired) electrons. The summed E-state index contributed by atoms with van der Waals surface area (Å²) in [4.78, 5) is 27.0. The molecule has 2 aromatic rings. The monoisotopic (exact) mass is 471 g/mol. The number of hydrazine groups is 1. The van der Waals surface area contributed by atoms with Crippen LogP contribution in [0, 0.1) is 5.82 Å². The van der Waals surface area contributed by atoms with Crippen molar-refractivity contribution in [3.05, 3.63) is 65.5 Å². The molecule has 0 saturated carbocycles. The summed E-state index contributed by atoms with van der Waals surface area (Å²) in [6.07, 6.45) is 6.07. The zero-order valence-electron chi connectivity index (χ0n) is 18.5. The van der Waals surface area contributed by atoms with Gasteiger partial charge in [-0.3, -0.25) is 20.4 Å². The van der Waals surface area contributed by atoms with Crippen molar-refractivity contribution in [1.29, 1.82) is 0 Å². The van der Waals surface area contributed by atoms with Gasteiger partial charge in [0.05, 0.1) is 5.56 Å². The van der Waals surface area contributed by atoms with Crippen LogP contribution in [-0.2, 0) is 0 Å². The van der Waals surface area contributed by atoms with Crippen molar-refractivity contribution < 1.29 is 14.0 Å². The Morgan fingerprint density at radius 3 is 2.36 bits per heavy atom. The third kappa shape index (κ3) is 8.11. The summed E-state index contributed by atoms with van der Waals surface area (Å²) in [5.41, 5.74) is 6.03. The van der Waals surface area contributed by atoms with Crippen molar-refractivity contribution in [3.63, 3.8) is 0 Å². The Balaban J connectivity index is 1.34. The molecule has 2 amide bonds. The van der Waals surface area contributed by atoms with Gasteiger partial charge in [0.15, 0.2) is 5.11 Å². The largest absolute Gasteiger partial charge is 0.361 e. The van der Waals surface area contributed by atoms with Crippen molar-refractivity contribution in [1.82, 2.24) is 21.1 Å². The summed E-state index contributed by atoms with van der Waals surface area (Å²) >= 11 is 5.20. The maximum Gasteiger partial charge on any atom is 0.269 e. The molecule has 0 atom stereocenters. The quantitative estimate of drug-likeness (QED) is 0.268.